The van der Waals surface area contributed by atoms with Gasteiger partial charge in [0.1, 0.15) is 23.0 Å². The zero-order chi connectivity index (χ0) is 44.5. The van der Waals surface area contributed by atoms with Gasteiger partial charge < -0.3 is 20.4 Å². The van der Waals surface area contributed by atoms with E-state index in [1.165, 1.54) is 83.0 Å². The molecule has 4 aromatic carbocycles. The number of nitrogens with zero attached hydrogens (tertiary/aromatic N) is 4. The molecular formula is C56H56N4O4. The fraction of sp³-hybridized carbons (Fsp3) is 0.214. The third-order valence-electron chi connectivity index (χ3n) is 12.5. The molecule has 2 aliphatic rings. The third-order valence-corrected chi connectivity index (χ3v) is 12.5. The lowest BCUT2D eigenvalue weighted by Crippen LogP contribution is -2.30. The summed E-state index contributed by atoms with van der Waals surface area (Å²) >= 11 is 0. The van der Waals surface area contributed by atoms with Gasteiger partial charge in [-0.2, -0.15) is 0 Å². The number of phenolic OH excluding ortho intramolecular Hbond substituents is 4. The number of aromatic hydroxyl groups is 4. The predicted octanol–water partition coefficient (Wildman–Crippen LogP) is 13.0. The van der Waals surface area contributed by atoms with E-state index in [1.807, 2.05) is 97.1 Å². The molecule has 2 saturated carbocycles. The van der Waals surface area contributed by atoms with Crippen LogP contribution in [0, 0.1) is 0 Å². The van der Waals surface area contributed by atoms with Crippen molar-refractivity contribution in [3.63, 3.8) is 0 Å². The van der Waals surface area contributed by atoms with Gasteiger partial charge in [0.25, 0.3) is 0 Å². The van der Waals surface area contributed by atoms with Gasteiger partial charge in [-0.25, -0.2) is 0 Å². The van der Waals surface area contributed by atoms with Crippen LogP contribution in [-0.4, -0.2) is 40.4 Å². The minimum atomic E-state index is 0.0274. The number of hydrogen-bond acceptors (Lipinski definition) is 8. The highest BCUT2D eigenvalue weighted by Crippen LogP contribution is 2.47. The van der Waals surface area contributed by atoms with E-state index in [1.54, 1.807) is 98.1 Å². The summed E-state index contributed by atoms with van der Waals surface area (Å²) in [4.78, 5) is 15.8. The van der Waals surface area contributed by atoms with Crippen LogP contribution < -0.4 is 0 Å². The Hall–Kier alpha value is -7.32. The Morgan fingerprint density at radius 2 is 0.438 bits per heavy atom. The highest BCUT2D eigenvalue weighted by atomic mass is 16.3. The first-order valence-corrected chi connectivity index (χ1v) is 22.1. The zero-order valence-electron chi connectivity index (χ0n) is 36.1. The normalized spacial score (nSPS) is 14.8. The van der Waals surface area contributed by atoms with Crippen LogP contribution in [0.1, 0.15) is 86.5 Å². The van der Waals surface area contributed by atoms with Gasteiger partial charge in [-0.3, -0.25) is 19.9 Å². The monoisotopic (exact) mass is 848 g/mol. The molecular weight excluding hydrogens is 793 g/mol. The van der Waals surface area contributed by atoms with Crippen molar-refractivity contribution in [1.29, 1.82) is 0 Å². The second kappa shape index (κ2) is 22.2. The first-order chi connectivity index (χ1) is 31.3. The van der Waals surface area contributed by atoms with Gasteiger partial charge >= 0.3 is 0 Å². The van der Waals surface area contributed by atoms with E-state index in [-0.39, 0.29) is 10.8 Å². The summed E-state index contributed by atoms with van der Waals surface area (Å²) in [7, 11) is 0. The van der Waals surface area contributed by atoms with Gasteiger partial charge in [-0.15, -0.1) is 0 Å². The number of aromatic nitrogens is 4. The van der Waals surface area contributed by atoms with Gasteiger partial charge in [0.15, 0.2) is 0 Å². The predicted molar refractivity (Wildman–Crippen MR) is 255 cm³/mol. The standard InChI is InChI=1S/2C18H20O2.2C10H8N2/c2*19-16-8-4-14(5-9-16)18(12-2-1-3-13-18)15-6-10-17(20)11-7-15;2*1-5-11-6-2-9(1)10-3-7-12-8-4-10/h2*4-11,19-20H,1-3,12-13H2;2*1-8H. The molecule has 0 aliphatic heterocycles. The van der Waals surface area contributed by atoms with Crippen LogP contribution in [-0.2, 0) is 10.8 Å². The third kappa shape index (κ3) is 11.6. The van der Waals surface area contributed by atoms with Gasteiger partial charge in [0.2, 0.25) is 0 Å². The average molecular weight is 849 g/mol. The number of benzene rings is 4. The largest absolute Gasteiger partial charge is 0.508 e. The van der Waals surface area contributed by atoms with Gasteiger partial charge in [0.05, 0.1) is 0 Å². The van der Waals surface area contributed by atoms with E-state index in [0.29, 0.717) is 23.0 Å². The fourth-order valence-electron chi connectivity index (χ4n) is 9.10. The maximum Gasteiger partial charge on any atom is 0.115 e. The van der Waals surface area contributed by atoms with E-state index < -0.39 is 0 Å². The van der Waals surface area contributed by atoms with Gasteiger partial charge in [-0.05, 0) is 167 Å². The van der Waals surface area contributed by atoms with Crippen molar-refractivity contribution in [3.05, 3.63) is 217 Å². The quantitative estimate of drug-likeness (QED) is 0.130. The van der Waals surface area contributed by atoms with E-state index in [4.69, 9.17) is 0 Å². The Bertz CT molecular complexity index is 2190. The molecule has 0 spiro atoms. The van der Waals surface area contributed by atoms with Crippen LogP contribution in [0.25, 0.3) is 22.3 Å². The molecule has 0 saturated heterocycles. The molecule has 4 aromatic heterocycles. The maximum absolute atomic E-state index is 9.51. The van der Waals surface area contributed by atoms with E-state index in [9.17, 15) is 20.4 Å². The van der Waals surface area contributed by atoms with Crippen LogP contribution >= 0.6 is 0 Å². The molecule has 324 valence electrons. The Morgan fingerprint density at radius 1 is 0.250 bits per heavy atom. The highest BCUT2D eigenvalue weighted by Gasteiger charge is 2.36. The molecule has 0 bridgehead atoms. The summed E-state index contributed by atoms with van der Waals surface area (Å²) in [5.41, 5.74) is 9.81. The summed E-state index contributed by atoms with van der Waals surface area (Å²) in [6, 6.07) is 46.3. The molecule has 4 N–H and O–H groups in total. The highest BCUT2D eigenvalue weighted by molar-refractivity contribution is 5.62. The second-order valence-corrected chi connectivity index (χ2v) is 16.4. The first kappa shape index (κ1) is 44.7. The molecule has 0 radical (unpaired) electrons. The van der Waals surface area contributed by atoms with Crippen LogP contribution in [0.2, 0.25) is 0 Å². The minimum Gasteiger partial charge on any atom is -0.508 e. The second-order valence-electron chi connectivity index (χ2n) is 16.4. The first-order valence-electron chi connectivity index (χ1n) is 22.1. The van der Waals surface area contributed by atoms with Crippen LogP contribution in [0.15, 0.2) is 195 Å². The van der Waals surface area contributed by atoms with Crippen molar-refractivity contribution < 1.29 is 20.4 Å². The molecule has 8 heteroatoms. The minimum absolute atomic E-state index is 0.0274. The summed E-state index contributed by atoms with van der Waals surface area (Å²) in [5, 5.41) is 38.1. The number of hydrogen-bond donors (Lipinski definition) is 4. The Balaban J connectivity index is 0.000000131. The van der Waals surface area contributed by atoms with Crippen LogP contribution in [0.4, 0.5) is 0 Å². The molecule has 64 heavy (non-hydrogen) atoms. The number of phenols is 4. The summed E-state index contributed by atoms with van der Waals surface area (Å²) < 4.78 is 0. The molecule has 10 rings (SSSR count). The van der Waals surface area contributed by atoms with Crippen molar-refractivity contribution >= 4 is 0 Å². The van der Waals surface area contributed by atoms with Crippen molar-refractivity contribution in [3.8, 4) is 45.3 Å². The molecule has 8 nitrogen and oxygen atoms in total. The van der Waals surface area contributed by atoms with E-state index >= 15 is 0 Å². The van der Waals surface area contributed by atoms with Crippen LogP contribution in [0.5, 0.6) is 23.0 Å². The van der Waals surface area contributed by atoms with Crippen molar-refractivity contribution in [2.24, 2.45) is 0 Å². The summed E-state index contributed by atoms with van der Waals surface area (Å²) in [6.07, 6.45) is 26.3. The van der Waals surface area contributed by atoms with Crippen molar-refractivity contribution in [2.45, 2.75) is 75.0 Å². The maximum atomic E-state index is 9.51. The Labute approximate surface area is 376 Å². The van der Waals surface area contributed by atoms with E-state index in [0.717, 1.165) is 25.7 Å². The molecule has 0 unspecified atom stereocenters. The van der Waals surface area contributed by atoms with Crippen LogP contribution in [0.3, 0.4) is 0 Å². The molecule has 2 aliphatic carbocycles. The van der Waals surface area contributed by atoms with Crippen molar-refractivity contribution in [2.75, 3.05) is 0 Å². The molecule has 0 amide bonds. The lowest BCUT2D eigenvalue weighted by atomic mass is 9.65. The fourth-order valence-corrected chi connectivity index (χ4v) is 9.10. The number of rotatable bonds is 6. The van der Waals surface area contributed by atoms with Gasteiger partial charge in [-0.1, -0.05) is 87.1 Å². The molecule has 4 heterocycles. The smallest absolute Gasteiger partial charge is 0.115 e. The Morgan fingerprint density at radius 3 is 0.625 bits per heavy atom. The Kier molecular flexibility index (Phi) is 15.5. The van der Waals surface area contributed by atoms with Crippen molar-refractivity contribution in [1.82, 2.24) is 19.9 Å². The molecule has 0 atom stereocenters. The summed E-state index contributed by atoms with van der Waals surface area (Å²) in [6.45, 7) is 0. The zero-order valence-corrected chi connectivity index (χ0v) is 36.1. The summed E-state index contributed by atoms with van der Waals surface area (Å²) in [5.74, 6) is 1.24. The van der Waals surface area contributed by atoms with E-state index in [2.05, 4.69) is 19.9 Å². The van der Waals surface area contributed by atoms with Gasteiger partial charge in [0, 0.05) is 60.4 Å². The molecule has 2 fully saturated rings. The lowest BCUT2D eigenvalue weighted by molar-refractivity contribution is 0.345. The number of pyridine rings is 4. The molecule has 8 aromatic rings. The SMILES string of the molecule is Oc1ccc(C2(c3ccc(O)cc3)CCCCC2)cc1.Oc1ccc(C2(c3ccc(O)cc3)CCCCC2)cc1.c1cc(-c2ccncc2)ccn1.c1cc(-c2ccncc2)ccn1. The topological polar surface area (TPSA) is 132 Å². The average Bonchev–Trinajstić information content (AvgIpc) is 3.37. The lowest BCUT2D eigenvalue weighted by Gasteiger charge is -2.38.